The molecule has 0 bridgehead atoms. The van der Waals surface area contributed by atoms with E-state index in [0.717, 1.165) is 99.7 Å². The van der Waals surface area contributed by atoms with Crippen molar-refractivity contribution in [3.05, 3.63) is 212 Å². The minimum Gasteiger partial charge on any atom is -0.456 e. The van der Waals surface area contributed by atoms with Gasteiger partial charge in [0.15, 0.2) is 5.58 Å². The zero-order valence-electron chi connectivity index (χ0n) is 32.4. The molecule has 5 nitrogen and oxygen atoms in total. The Hall–Kier alpha value is -8.15. The van der Waals surface area contributed by atoms with Crippen LogP contribution in [0.15, 0.2) is 221 Å². The first-order chi connectivity index (χ1) is 29.7. The summed E-state index contributed by atoms with van der Waals surface area (Å²) in [6.45, 7) is 0. The molecule has 0 unspecified atom stereocenters. The molecule has 0 aliphatic heterocycles. The van der Waals surface area contributed by atoms with Gasteiger partial charge in [0.25, 0.3) is 0 Å². The van der Waals surface area contributed by atoms with Crippen LogP contribution in [0.3, 0.4) is 0 Å². The van der Waals surface area contributed by atoms with E-state index >= 15 is 0 Å². The van der Waals surface area contributed by atoms with Crippen molar-refractivity contribution in [3.63, 3.8) is 0 Å². The van der Waals surface area contributed by atoms with Gasteiger partial charge in [0.2, 0.25) is 5.89 Å². The summed E-state index contributed by atoms with van der Waals surface area (Å²) in [6, 6.07) is 74.5. The first kappa shape index (κ1) is 33.9. The van der Waals surface area contributed by atoms with E-state index in [1.165, 1.54) is 5.39 Å². The summed E-state index contributed by atoms with van der Waals surface area (Å²) in [5, 5.41) is 8.65. The molecule has 5 heteroatoms. The number of para-hydroxylation sites is 4. The Labute approximate surface area is 345 Å². The van der Waals surface area contributed by atoms with Crippen molar-refractivity contribution in [1.82, 2.24) is 4.98 Å². The number of benzene rings is 10. The molecule has 0 spiro atoms. The highest BCUT2D eigenvalue weighted by Gasteiger charge is 2.22. The van der Waals surface area contributed by atoms with Crippen LogP contribution >= 0.6 is 0 Å². The number of furan rings is 1. The summed E-state index contributed by atoms with van der Waals surface area (Å²) in [5.41, 5.74) is 10.6. The van der Waals surface area contributed by atoms with E-state index in [1.807, 2.05) is 12.1 Å². The van der Waals surface area contributed by atoms with E-state index in [1.54, 1.807) is 0 Å². The predicted molar refractivity (Wildman–Crippen MR) is 249 cm³/mol. The van der Waals surface area contributed by atoms with Crippen LogP contribution in [-0.4, -0.2) is 4.98 Å². The zero-order valence-corrected chi connectivity index (χ0v) is 32.4. The highest BCUT2D eigenvalue weighted by Crippen LogP contribution is 2.45. The first-order valence-corrected chi connectivity index (χ1v) is 20.2. The minimum absolute atomic E-state index is 0.597. The Morgan fingerprint density at radius 1 is 0.317 bits per heavy atom. The van der Waals surface area contributed by atoms with Gasteiger partial charge >= 0.3 is 0 Å². The number of aromatic nitrogens is 1. The highest BCUT2D eigenvalue weighted by atomic mass is 16.3. The molecular weight excluding hydrogens is 735 g/mol. The van der Waals surface area contributed by atoms with Crippen molar-refractivity contribution in [2.45, 2.75) is 0 Å². The van der Waals surface area contributed by atoms with Gasteiger partial charge in [-0.05, 0) is 131 Å². The summed E-state index contributed by atoms with van der Waals surface area (Å²) in [4.78, 5) is 9.89. The highest BCUT2D eigenvalue weighted by molar-refractivity contribution is 6.24. The Morgan fingerprint density at radius 3 is 1.52 bits per heavy atom. The number of nitrogens with zero attached hydrogens (tertiary/aromatic N) is 3. The van der Waals surface area contributed by atoms with E-state index in [9.17, 15) is 0 Å². The van der Waals surface area contributed by atoms with Crippen molar-refractivity contribution < 1.29 is 8.83 Å². The molecule has 0 atom stereocenters. The second kappa shape index (κ2) is 13.8. The van der Waals surface area contributed by atoms with Crippen LogP contribution in [-0.2, 0) is 0 Å². The van der Waals surface area contributed by atoms with Crippen LogP contribution in [0, 0.1) is 0 Å². The van der Waals surface area contributed by atoms with Gasteiger partial charge in [-0.15, -0.1) is 0 Å². The van der Waals surface area contributed by atoms with Crippen molar-refractivity contribution in [2.75, 3.05) is 9.80 Å². The van der Waals surface area contributed by atoms with Gasteiger partial charge in [0.1, 0.15) is 16.7 Å². The third-order valence-corrected chi connectivity index (χ3v) is 11.6. The van der Waals surface area contributed by atoms with Gasteiger partial charge in [-0.3, -0.25) is 0 Å². The van der Waals surface area contributed by atoms with E-state index in [0.29, 0.717) is 5.89 Å². The maximum atomic E-state index is 6.85. The molecule has 0 radical (unpaired) electrons. The van der Waals surface area contributed by atoms with Gasteiger partial charge in [-0.1, -0.05) is 103 Å². The molecule has 10 aromatic carbocycles. The van der Waals surface area contributed by atoms with Gasteiger partial charge in [0, 0.05) is 61.2 Å². The van der Waals surface area contributed by atoms with Crippen LogP contribution in [0.4, 0.5) is 34.1 Å². The van der Waals surface area contributed by atoms with E-state index in [2.05, 4.69) is 210 Å². The van der Waals surface area contributed by atoms with Gasteiger partial charge in [-0.2, -0.15) is 0 Å². The molecule has 0 amide bonds. The molecule has 60 heavy (non-hydrogen) atoms. The lowest BCUT2D eigenvalue weighted by Gasteiger charge is -2.27. The first-order valence-electron chi connectivity index (χ1n) is 20.2. The molecule has 282 valence electrons. The van der Waals surface area contributed by atoms with E-state index in [-0.39, 0.29) is 0 Å². The maximum Gasteiger partial charge on any atom is 0.227 e. The molecule has 0 aliphatic rings. The monoisotopic (exact) mass is 769 g/mol. The number of hydrogen-bond donors (Lipinski definition) is 0. The predicted octanol–water partition coefficient (Wildman–Crippen LogP) is 15.8. The lowest BCUT2D eigenvalue weighted by Crippen LogP contribution is -2.10. The number of fused-ring (bicyclic) bond motifs is 10. The second-order valence-electron chi connectivity index (χ2n) is 15.2. The molecule has 2 aromatic heterocycles. The van der Waals surface area contributed by atoms with Crippen LogP contribution in [0.5, 0.6) is 0 Å². The molecule has 12 rings (SSSR count). The fourth-order valence-electron chi connectivity index (χ4n) is 8.80. The lowest BCUT2D eigenvalue weighted by atomic mass is 9.98. The fraction of sp³-hybridized carbons (Fsp3) is 0. The van der Waals surface area contributed by atoms with Crippen LogP contribution < -0.4 is 9.80 Å². The van der Waals surface area contributed by atoms with Gasteiger partial charge in [-0.25, -0.2) is 4.98 Å². The van der Waals surface area contributed by atoms with Crippen molar-refractivity contribution >= 4 is 99.5 Å². The third-order valence-electron chi connectivity index (χ3n) is 11.6. The Bertz CT molecular complexity index is 3520. The molecular formula is C55H35N3O2. The molecule has 12 aromatic rings. The smallest absolute Gasteiger partial charge is 0.227 e. The topological polar surface area (TPSA) is 45.7 Å². The van der Waals surface area contributed by atoms with E-state index in [4.69, 9.17) is 13.8 Å². The molecule has 2 heterocycles. The Balaban J connectivity index is 1.12. The average Bonchev–Trinajstić information content (AvgIpc) is 3.93. The SMILES string of the molecule is c1ccc(N(c2ccccc2)c2ccc3c(c2)c2cc(N(c4ccccc4)c4ccc5oc6ccccc6c5c4)ccc2c2oc(-c4ccc5ccccc5c4)nc32)cc1. The minimum atomic E-state index is 0.597. The average molecular weight is 770 g/mol. The summed E-state index contributed by atoms with van der Waals surface area (Å²) < 4.78 is 13.1. The third kappa shape index (κ3) is 5.59. The summed E-state index contributed by atoms with van der Waals surface area (Å²) in [7, 11) is 0. The molecule has 0 fully saturated rings. The summed E-state index contributed by atoms with van der Waals surface area (Å²) in [6.07, 6.45) is 0. The number of rotatable bonds is 7. The van der Waals surface area contributed by atoms with Crippen LogP contribution in [0.2, 0.25) is 0 Å². The van der Waals surface area contributed by atoms with Gasteiger partial charge in [0.05, 0.1) is 0 Å². The summed E-state index contributed by atoms with van der Waals surface area (Å²) in [5.74, 6) is 0.597. The quantitative estimate of drug-likeness (QED) is 0.151. The van der Waals surface area contributed by atoms with E-state index < -0.39 is 0 Å². The Morgan fingerprint density at radius 2 is 0.833 bits per heavy atom. The molecule has 0 aliphatic carbocycles. The standard InChI is InChI=1S/C55H35N3O2/c1-4-16-39(17-5-1)57(40-18-6-2-7-19-40)42-26-29-46-48(33-42)49-34-43(27-30-47(49)54-53(46)56-55(60-54)38-25-24-36-14-10-11-15-37(36)32-38)58(41-20-8-3-9-21-41)44-28-31-52-50(35-44)45-22-12-13-23-51(45)59-52/h1-35H. The number of anilines is 6. The zero-order chi connectivity index (χ0) is 39.6. The number of hydrogen-bond acceptors (Lipinski definition) is 5. The van der Waals surface area contributed by atoms with Crippen molar-refractivity contribution in [3.8, 4) is 11.5 Å². The normalized spacial score (nSPS) is 11.7. The van der Waals surface area contributed by atoms with Crippen LogP contribution in [0.25, 0.3) is 76.8 Å². The second-order valence-corrected chi connectivity index (χ2v) is 15.2. The Kier molecular flexibility index (Phi) is 7.78. The maximum absolute atomic E-state index is 6.85. The largest absolute Gasteiger partial charge is 0.456 e. The van der Waals surface area contributed by atoms with Crippen molar-refractivity contribution in [1.29, 1.82) is 0 Å². The summed E-state index contributed by atoms with van der Waals surface area (Å²) >= 11 is 0. The molecule has 0 saturated heterocycles. The fourth-order valence-corrected chi connectivity index (χ4v) is 8.80. The number of oxazole rings is 1. The molecule has 0 N–H and O–H groups in total. The van der Waals surface area contributed by atoms with Gasteiger partial charge < -0.3 is 18.6 Å². The van der Waals surface area contributed by atoms with Crippen LogP contribution in [0.1, 0.15) is 0 Å². The van der Waals surface area contributed by atoms with Crippen molar-refractivity contribution in [2.24, 2.45) is 0 Å². The lowest BCUT2D eigenvalue weighted by molar-refractivity contribution is 0.623. The molecule has 0 saturated carbocycles.